The molecule has 1 heterocycles. The Hall–Kier alpha value is -2.73. The van der Waals surface area contributed by atoms with Crippen LogP contribution in [0.5, 0.6) is 0 Å². The maximum Gasteiger partial charge on any atom is 0.251 e. The van der Waals surface area contributed by atoms with Crippen molar-refractivity contribution in [3.8, 4) is 0 Å². The Bertz CT molecular complexity index is 835. The summed E-state index contributed by atoms with van der Waals surface area (Å²) < 4.78 is 13.4. The Morgan fingerprint density at radius 2 is 2.04 bits per heavy atom. The highest BCUT2D eigenvalue weighted by Gasteiger charge is 2.21. The van der Waals surface area contributed by atoms with Crippen molar-refractivity contribution in [2.24, 2.45) is 0 Å². The van der Waals surface area contributed by atoms with E-state index in [4.69, 9.17) is 5.11 Å². The molecule has 2 N–H and O–H groups in total. The molecule has 0 aromatic heterocycles. The summed E-state index contributed by atoms with van der Waals surface area (Å²) in [6, 6.07) is 9.65. The molecule has 2 aromatic rings. The van der Waals surface area contributed by atoms with Crippen molar-refractivity contribution in [1.29, 1.82) is 0 Å². The zero-order chi connectivity index (χ0) is 18.0. The summed E-state index contributed by atoms with van der Waals surface area (Å²) in [5.74, 6) is -0.635. The minimum absolute atomic E-state index is 0.0701. The van der Waals surface area contributed by atoms with Gasteiger partial charge in [-0.1, -0.05) is 6.07 Å². The highest BCUT2D eigenvalue weighted by Crippen LogP contribution is 2.27. The van der Waals surface area contributed by atoms with E-state index in [2.05, 4.69) is 5.32 Å². The molecule has 2 amide bonds. The van der Waals surface area contributed by atoms with Gasteiger partial charge in [0.15, 0.2) is 0 Å². The molecule has 0 fully saturated rings. The van der Waals surface area contributed by atoms with E-state index in [1.54, 1.807) is 36.2 Å². The molecule has 25 heavy (non-hydrogen) atoms. The number of aliphatic hydroxyl groups is 1. The van der Waals surface area contributed by atoms with E-state index in [0.717, 1.165) is 11.3 Å². The van der Waals surface area contributed by atoms with E-state index in [9.17, 15) is 14.0 Å². The van der Waals surface area contributed by atoms with Gasteiger partial charge in [-0.15, -0.1) is 0 Å². The van der Waals surface area contributed by atoms with Crippen molar-refractivity contribution in [3.05, 3.63) is 64.5 Å². The molecule has 0 saturated heterocycles. The molecular weight excluding hydrogens is 323 g/mol. The SMILES string of the molecule is CN1C(=O)CCc2cc(C(=O)NCc3ccc(F)c(CO)c3)ccc21. The summed E-state index contributed by atoms with van der Waals surface area (Å²) in [4.78, 5) is 25.7. The lowest BCUT2D eigenvalue weighted by atomic mass is 9.99. The summed E-state index contributed by atoms with van der Waals surface area (Å²) in [5, 5.41) is 11.9. The minimum Gasteiger partial charge on any atom is -0.392 e. The third kappa shape index (κ3) is 3.53. The maximum atomic E-state index is 13.4. The van der Waals surface area contributed by atoms with Crippen LogP contribution in [0.15, 0.2) is 36.4 Å². The first-order valence-corrected chi connectivity index (χ1v) is 8.05. The summed E-state index contributed by atoms with van der Waals surface area (Å²) in [6.45, 7) is -0.147. The standard InChI is InChI=1S/C19H19FN2O3/c1-22-17-6-3-14(9-13(17)4-7-18(22)24)19(25)21-10-12-2-5-16(20)15(8-12)11-23/h2-3,5-6,8-9,23H,4,7,10-11H2,1H3,(H,21,25). The molecular formula is C19H19FN2O3. The molecule has 0 unspecified atom stereocenters. The Morgan fingerprint density at radius 3 is 2.80 bits per heavy atom. The monoisotopic (exact) mass is 342 g/mol. The van der Waals surface area contributed by atoms with Gasteiger partial charge >= 0.3 is 0 Å². The third-order valence-electron chi connectivity index (χ3n) is 4.42. The number of aliphatic hydroxyl groups excluding tert-OH is 1. The van der Waals surface area contributed by atoms with Gasteiger partial charge in [0, 0.05) is 36.8 Å². The van der Waals surface area contributed by atoms with Crippen LogP contribution >= 0.6 is 0 Å². The number of rotatable bonds is 4. The fourth-order valence-electron chi connectivity index (χ4n) is 2.94. The normalized spacial score (nSPS) is 13.6. The fourth-order valence-corrected chi connectivity index (χ4v) is 2.94. The highest BCUT2D eigenvalue weighted by atomic mass is 19.1. The zero-order valence-electron chi connectivity index (χ0n) is 13.9. The molecule has 0 spiro atoms. The second-order valence-corrected chi connectivity index (χ2v) is 6.06. The van der Waals surface area contributed by atoms with Gasteiger partial charge in [-0.05, 0) is 47.9 Å². The molecule has 5 nitrogen and oxygen atoms in total. The van der Waals surface area contributed by atoms with Gasteiger partial charge in [0.1, 0.15) is 5.82 Å². The Balaban J connectivity index is 1.71. The van der Waals surface area contributed by atoms with Crippen LogP contribution in [0.3, 0.4) is 0 Å². The lowest BCUT2D eigenvalue weighted by Crippen LogP contribution is -2.31. The molecule has 0 saturated carbocycles. The van der Waals surface area contributed by atoms with E-state index in [1.165, 1.54) is 12.1 Å². The maximum absolute atomic E-state index is 13.4. The topological polar surface area (TPSA) is 69.6 Å². The van der Waals surface area contributed by atoms with Crippen molar-refractivity contribution >= 4 is 17.5 Å². The van der Waals surface area contributed by atoms with Crippen LogP contribution in [-0.2, 0) is 24.4 Å². The van der Waals surface area contributed by atoms with E-state index in [-0.39, 0.29) is 30.5 Å². The number of hydrogen-bond donors (Lipinski definition) is 2. The molecule has 6 heteroatoms. The lowest BCUT2D eigenvalue weighted by Gasteiger charge is -2.26. The Labute approximate surface area is 145 Å². The lowest BCUT2D eigenvalue weighted by molar-refractivity contribution is -0.118. The summed E-state index contributed by atoms with van der Waals surface area (Å²) in [5.41, 5.74) is 3.24. The minimum atomic E-state index is -0.467. The number of hydrogen-bond acceptors (Lipinski definition) is 3. The first-order valence-electron chi connectivity index (χ1n) is 8.05. The van der Waals surface area contributed by atoms with Crippen molar-refractivity contribution in [1.82, 2.24) is 5.32 Å². The molecule has 0 atom stereocenters. The number of aryl methyl sites for hydroxylation is 1. The van der Waals surface area contributed by atoms with Gasteiger partial charge in [-0.25, -0.2) is 4.39 Å². The van der Waals surface area contributed by atoms with Gasteiger partial charge in [0.05, 0.1) is 6.61 Å². The molecule has 2 aromatic carbocycles. The summed E-state index contributed by atoms with van der Waals surface area (Å²) >= 11 is 0. The molecule has 130 valence electrons. The van der Waals surface area contributed by atoms with Crippen LogP contribution in [0.1, 0.15) is 33.5 Å². The first kappa shape index (κ1) is 17.1. The number of nitrogens with one attached hydrogen (secondary N) is 1. The number of halogens is 1. The molecule has 1 aliphatic rings. The molecule has 1 aliphatic heterocycles. The van der Waals surface area contributed by atoms with Gasteiger partial charge in [-0.2, -0.15) is 0 Å². The number of anilines is 1. The van der Waals surface area contributed by atoms with Crippen LogP contribution in [-0.4, -0.2) is 24.0 Å². The van der Waals surface area contributed by atoms with Crippen LogP contribution in [0.4, 0.5) is 10.1 Å². The quantitative estimate of drug-likeness (QED) is 0.895. The van der Waals surface area contributed by atoms with E-state index in [1.807, 2.05) is 0 Å². The van der Waals surface area contributed by atoms with E-state index >= 15 is 0 Å². The van der Waals surface area contributed by atoms with Gasteiger partial charge in [0.25, 0.3) is 5.91 Å². The molecule has 0 radical (unpaired) electrons. The van der Waals surface area contributed by atoms with Crippen molar-refractivity contribution in [3.63, 3.8) is 0 Å². The zero-order valence-corrected chi connectivity index (χ0v) is 13.9. The van der Waals surface area contributed by atoms with Crippen LogP contribution in [0.2, 0.25) is 0 Å². The summed E-state index contributed by atoms with van der Waals surface area (Å²) in [7, 11) is 1.73. The van der Waals surface area contributed by atoms with Gasteiger partial charge in [0.2, 0.25) is 5.91 Å². The van der Waals surface area contributed by atoms with Crippen LogP contribution in [0, 0.1) is 5.82 Å². The smallest absolute Gasteiger partial charge is 0.251 e. The Kier molecular flexibility index (Phi) is 4.81. The molecule has 0 bridgehead atoms. The second kappa shape index (κ2) is 7.03. The van der Waals surface area contributed by atoms with Crippen LogP contribution in [0.25, 0.3) is 0 Å². The average Bonchev–Trinajstić information content (AvgIpc) is 2.63. The van der Waals surface area contributed by atoms with Gasteiger partial charge < -0.3 is 15.3 Å². The molecule has 0 aliphatic carbocycles. The number of fused-ring (bicyclic) bond motifs is 1. The van der Waals surface area contributed by atoms with E-state index < -0.39 is 5.82 Å². The van der Waals surface area contributed by atoms with Crippen molar-refractivity contribution in [2.75, 3.05) is 11.9 Å². The second-order valence-electron chi connectivity index (χ2n) is 6.06. The largest absolute Gasteiger partial charge is 0.392 e. The van der Waals surface area contributed by atoms with Crippen LogP contribution < -0.4 is 10.2 Å². The first-order chi connectivity index (χ1) is 12.0. The Morgan fingerprint density at radius 1 is 1.24 bits per heavy atom. The highest BCUT2D eigenvalue weighted by molar-refractivity contribution is 5.98. The predicted octanol–water partition coefficient (Wildman–Crippen LogP) is 2.16. The van der Waals surface area contributed by atoms with E-state index in [0.29, 0.717) is 24.0 Å². The van der Waals surface area contributed by atoms with Crippen molar-refractivity contribution < 1.29 is 19.1 Å². The predicted molar refractivity (Wildman–Crippen MR) is 91.7 cm³/mol. The number of carbonyl (C=O) groups is 2. The average molecular weight is 342 g/mol. The number of amides is 2. The third-order valence-corrected chi connectivity index (χ3v) is 4.42. The fraction of sp³-hybridized carbons (Fsp3) is 0.263. The number of nitrogens with zero attached hydrogens (tertiary/aromatic N) is 1. The molecule has 3 rings (SSSR count). The van der Waals surface area contributed by atoms with Crippen molar-refractivity contribution in [2.45, 2.75) is 26.0 Å². The number of benzene rings is 2. The number of carbonyl (C=O) groups excluding carboxylic acids is 2. The van der Waals surface area contributed by atoms with Gasteiger partial charge in [-0.3, -0.25) is 9.59 Å². The summed E-state index contributed by atoms with van der Waals surface area (Å²) in [6.07, 6.45) is 1.06.